The normalized spacial score (nSPS) is 13.8. The highest BCUT2D eigenvalue weighted by atomic mass is 16.6. The zero-order valence-corrected chi connectivity index (χ0v) is 25.9. The lowest BCUT2D eigenvalue weighted by molar-refractivity contribution is -0.145. The summed E-state index contributed by atoms with van der Waals surface area (Å²) in [5.41, 5.74) is 0.674. The maximum atomic E-state index is 14.5. The van der Waals surface area contributed by atoms with Crippen molar-refractivity contribution in [3.8, 4) is 5.75 Å². The third kappa shape index (κ3) is 11.5. The van der Waals surface area contributed by atoms with Crippen molar-refractivity contribution in [1.29, 1.82) is 0 Å². The molecule has 0 aliphatic carbocycles. The first-order valence-corrected chi connectivity index (χ1v) is 14.6. The number of nitrogens with one attached hydrogen (secondary N) is 2. The molecule has 8 heteroatoms. The van der Waals surface area contributed by atoms with Crippen molar-refractivity contribution in [2.24, 2.45) is 11.8 Å². The van der Waals surface area contributed by atoms with E-state index in [9.17, 15) is 19.5 Å². The van der Waals surface area contributed by atoms with E-state index in [0.29, 0.717) is 24.3 Å². The molecule has 0 heterocycles. The fraction of sp³-hybridized carbons (Fsp3) is 0.545. The van der Waals surface area contributed by atoms with Crippen molar-refractivity contribution < 1.29 is 24.2 Å². The first-order chi connectivity index (χ1) is 19.2. The van der Waals surface area contributed by atoms with Gasteiger partial charge < -0.3 is 25.4 Å². The average molecular weight is 568 g/mol. The SMILES string of the molecule is CC(C)CCC(C)N(C(=O)C(CC(C)C)NC(=O)OC(C)(C)C)C(C(=O)NCc1ccccc1)c1cccc(O)c1. The number of nitrogens with zero attached hydrogens (tertiary/aromatic N) is 1. The van der Waals surface area contributed by atoms with Gasteiger partial charge >= 0.3 is 6.09 Å². The Kier molecular flexibility index (Phi) is 12.7. The number of carbonyl (C=O) groups is 3. The molecule has 2 aromatic rings. The Hall–Kier alpha value is -3.55. The molecule has 0 bridgehead atoms. The second-order valence-corrected chi connectivity index (χ2v) is 12.6. The van der Waals surface area contributed by atoms with Crippen LogP contribution in [0, 0.1) is 11.8 Å². The van der Waals surface area contributed by atoms with Crippen molar-refractivity contribution in [1.82, 2.24) is 15.5 Å². The van der Waals surface area contributed by atoms with Gasteiger partial charge in [-0.1, -0.05) is 70.2 Å². The van der Waals surface area contributed by atoms with Crippen LogP contribution in [-0.4, -0.2) is 45.6 Å². The molecule has 2 aromatic carbocycles. The predicted octanol–water partition coefficient (Wildman–Crippen LogP) is 6.34. The summed E-state index contributed by atoms with van der Waals surface area (Å²) in [6, 6.07) is 13.7. The minimum atomic E-state index is -1.03. The number of ether oxygens (including phenoxy) is 1. The van der Waals surface area contributed by atoms with E-state index in [1.807, 2.05) is 51.1 Å². The van der Waals surface area contributed by atoms with E-state index in [1.54, 1.807) is 37.8 Å². The minimum Gasteiger partial charge on any atom is -0.508 e. The molecule has 8 nitrogen and oxygen atoms in total. The highest BCUT2D eigenvalue weighted by molar-refractivity contribution is 5.92. The average Bonchev–Trinajstić information content (AvgIpc) is 2.87. The van der Waals surface area contributed by atoms with E-state index in [4.69, 9.17) is 4.74 Å². The van der Waals surface area contributed by atoms with E-state index in [-0.39, 0.29) is 36.1 Å². The molecule has 0 saturated carbocycles. The molecule has 3 atom stereocenters. The zero-order chi connectivity index (χ0) is 30.7. The maximum absolute atomic E-state index is 14.5. The molecule has 2 rings (SSSR count). The molecule has 0 aromatic heterocycles. The quantitative estimate of drug-likeness (QED) is 0.262. The molecule has 0 spiro atoms. The van der Waals surface area contributed by atoms with Crippen LogP contribution in [0.4, 0.5) is 4.79 Å². The number of aromatic hydroxyl groups is 1. The Balaban J connectivity index is 2.56. The van der Waals surface area contributed by atoms with Crippen molar-refractivity contribution in [3.05, 3.63) is 65.7 Å². The van der Waals surface area contributed by atoms with E-state index in [2.05, 4.69) is 24.5 Å². The van der Waals surface area contributed by atoms with Crippen molar-refractivity contribution in [3.63, 3.8) is 0 Å². The van der Waals surface area contributed by atoms with Crippen LogP contribution in [0.15, 0.2) is 54.6 Å². The number of rotatable bonds is 13. The van der Waals surface area contributed by atoms with Crippen LogP contribution in [0.5, 0.6) is 5.75 Å². The second-order valence-electron chi connectivity index (χ2n) is 12.6. The number of alkyl carbamates (subject to hydrolysis) is 1. The first-order valence-electron chi connectivity index (χ1n) is 14.6. The van der Waals surface area contributed by atoms with Crippen molar-refractivity contribution in [2.45, 2.75) is 105 Å². The van der Waals surface area contributed by atoms with Crippen LogP contribution in [-0.2, 0) is 20.9 Å². The van der Waals surface area contributed by atoms with E-state index < -0.39 is 23.8 Å². The van der Waals surface area contributed by atoms with Crippen LogP contribution < -0.4 is 10.6 Å². The molecule has 0 aliphatic heterocycles. The smallest absolute Gasteiger partial charge is 0.408 e. The lowest BCUT2D eigenvalue weighted by Gasteiger charge is -2.39. The van der Waals surface area contributed by atoms with Crippen LogP contribution in [0.3, 0.4) is 0 Å². The summed E-state index contributed by atoms with van der Waals surface area (Å²) in [5.74, 6) is -0.269. The first kappa shape index (κ1) is 33.7. The summed E-state index contributed by atoms with van der Waals surface area (Å²) < 4.78 is 5.48. The van der Waals surface area contributed by atoms with Gasteiger partial charge in [0.2, 0.25) is 11.8 Å². The van der Waals surface area contributed by atoms with Gasteiger partial charge in [-0.2, -0.15) is 0 Å². The number of carbonyl (C=O) groups excluding carboxylic acids is 3. The second kappa shape index (κ2) is 15.5. The lowest BCUT2D eigenvalue weighted by atomic mass is 9.95. The topological polar surface area (TPSA) is 108 Å². The maximum Gasteiger partial charge on any atom is 0.408 e. The Bertz CT molecular complexity index is 1130. The summed E-state index contributed by atoms with van der Waals surface area (Å²) in [4.78, 5) is 42.8. The molecule has 3 amide bonds. The summed E-state index contributed by atoms with van der Waals surface area (Å²) in [6.07, 6.45) is 1.18. The van der Waals surface area contributed by atoms with Gasteiger partial charge in [-0.25, -0.2) is 4.79 Å². The number of benzene rings is 2. The minimum absolute atomic E-state index is 0.00352. The summed E-state index contributed by atoms with van der Waals surface area (Å²) >= 11 is 0. The van der Waals surface area contributed by atoms with Crippen molar-refractivity contribution >= 4 is 17.9 Å². The monoisotopic (exact) mass is 567 g/mol. The number of phenols is 1. The van der Waals surface area contributed by atoms with Crippen LogP contribution in [0.25, 0.3) is 0 Å². The molecule has 0 saturated heterocycles. The van der Waals surface area contributed by atoms with Crippen LogP contribution in [0.1, 0.15) is 91.8 Å². The van der Waals surface area contributed by atoms with Gasteiger partial charge in [0.25, 0.3) is 0 Å². The molecule has 3 unspecified atom stereocenters. The van der Waals surface area contributed by atoms with E-state index >= 15 is 0 Å². The zero-order valence-electron chi connectivity index (χ0n) is 25.9. The lowest BCUT2D eigenvalue weighted by Crippen LogP contribution is -2.55. The Labute approximate surface area is 245 Å². The number of phenolic OH excluding ortho intramolecular Hbond substituents is 1. The van der Waals surface area contributed by atoms with Gasteiger partial charge in [-0.3, -0.25) is 9.59 Å². The van der Waals surface area contributed by atoms with Gasteiger partial charge in [0.15, 0.2) is 0 Å². The third-order valence-corrected chi connectivity index (χ3v) is 6.61. The van der Waals surface area contributed by atoms with Gasteiger partial charge in [0, 0.05) is 12.6 Å². The van der Waals surface area contributed by atoms with Crippen LogP contribution >= 0.6 is 0 Å². The number of hydrogen-bond acceptors (Lipinski definition) is 5. The standard InChI is InChI=1S/C33H49N3O5/c1-22(2)17-18-24(5)36(31(39)28(19-23(3)4)35-32(40)41-33(6,7)8)29(26-15-12-16-27(37)20-26)30(38)34-21-25-13-10-9-11-14-25/h9-16,20,22-24,28-29,37H,17-19,21H2,1-8H3,(H,34,38)(H,35,40). The van der Waals surface area contributed by atoms with Gasteiger partial charge in [0.05, 0.1) is 0 Å². The molecule has 41 heavy (non-hydrogen) atoms. The molecule has 0 fully saturated rings. The van der Waals surface area contributed by atoms with Gasteiger partial charge in [0.1, 0.15) is 23.4 Å². The highest BCUT2D eigenvalue weighted by Crippen LogP contribution is 2.30. The number of amides is 3. The molecular formula is C33H49N3O5. The fourth-order valence-corrected chi connectivity index (χ4v) is 4.65. The summed E-state index contributed by atoms with van der Waals surface area (Å²) in [6.45, 7) is 15.7. The largest absolute Gasteiger partial charge is 0.508 e. The molecular weight excluding hydrogens is 518 g/mol. The Morgan fingerprint density at radius 3 is 2.12 bits per heavy atom. The van der Waals surface area contributed by atoms with E-state index in [0.717, 1.165) is 12.0 Å². The molecule has 0 radical (unpaired) electrons. The third-order valence-electron chi connectivity index (χ3n) is 6.61. The van der Waals surface area contributed by atoms with Gasteiger partial charge in [-0.15, -0.1) is 0 Å². The summed E-state index contributed by atoms with van der Waals surface area (Å²) in [7, 11) is 0. The van der Waals surface area contributed by atoms with Crippen molar-refractivity contribution in [2.75, 3.05) is 0 Å². The van der Waals surface area contributed by atoms with Gasteiger partial charge in [-0.05, 0) is 82.1 Å². The Morgan fingerprint density at radius 1 is 0.902 bits per heavy atom. The molecule has 3 N–H and O–H groups in total. The number of hydrogen-bond donors (Lipinski definition) is 3. The highest BCUT2D eigenvalue weighted by Gasteiger charge is 2.39. The molecule has 226 valence electrons. The fourth-order valence-electron chi connectivity index (χ4n) is 4.65. The summed E-state index contributed by atoms with van der Waals surface area (Å²) in [5, 5.41) is 16.1. The van der Waals surface area contributed by atoms with Crippen LogP contribution in [0.2, 0.25) is 0 Å². The Morgan fingerprint density at radius 2 is 1.56 bits per heavy atom. The van der Waals surface area contributed by atoms with E-state index in [1.165, 1.54) is 12.1 Å². The predicted molar refractivity (Wildman–Crippen MR) is 162 cm³/mol. The molecule has 0 aliphatic rings.